The van der Waals surface area contributed by atoms with E-state index in [4.69, 9.17) is 10.1 Å². The molecule has 0 amide bonds. The third kappa shape index (κ3) is 17.1. The van der Waals surface area contributed by atoms with Gasteiger partial charge in [-0.05, 0) is 0 Å². The topological polar surface area (TPSA) is 178 Å². The second kappa shape index (κ2) is 21.2. The van der Waals surface area contributed by atoms with E-state index in [9.17, 15) is 113 Å². The summed E-state index contributed by atoms with van der Waals surface area (Å²) in [6.45, 7) is -1.82. The van der Waals surface area contributed by atoms with Gasteiger partial charge in [0.15, 0.2) is 10.1 Å². The molecule has 2 unspecified atom stereocenters. The van der Waals surface area contributed by atoms with E-state index in [1.54, 1.807) is 0 Å². The van der Waals surface area contributed by atoms with Crippen LogP contribution in [0.4, 0.5) is 91.7 Å². The molecule has 0 fully saturated rings. The van der Waals surface area contributed by atoms with E-state index in [-0.39, 0.29) is 64.5 Å². The molecule has 53 heavy (non-hydrogen) atoms. The van der Waals surface area contributed by atoms with Gasteiger partial charge in [-0.25, -0.2) is 17.2 Å². The number of carbonyl (C=O) groups is 1. The number of alkyl halides is 14. The average molecular weight is 864 g/mol. The third-order valence-corrected chi connectivity index (χ3v) is 5.46. The minimum atomic E-state index is -7.48. The zero-order valence-electron chi connectivity index (χ0n) is 26.2. The average Bonchev–Trinajstić information content (AvgIpc) is 2.85. The molecule has 0 saturated carbocycles. The third-order valence-electron chi connectivity index (χ3n) is 3.75. The quantitative estimate of drug-likeness (QED) is 0.0232. The first-order valence-electron chi connectivity index (χ1n) is 9.95. The molecule has 0 aliphatic carbocycles. The van der Waals surface area contributed by atoms with Crippen molar-refractivity contribution in [1.29, 1.82) is 0 Å². The normalized spacial score (nSPS) is 14.9. The van der Waals surface area contributed by atoms with Crippen LogP contribution in [-0.2, 0) is 49.0 Å². The van der Waals surface area contributed by atoms with E-state index < -0.39 is 105 Å². The minimum Gasteiger partial charge on any atom is -1.00 e. The molecule has 0 aromatic carbocycles. The summed E-state index contributed by atoms with van der Waals surface area (Å²) in [5.74, 6) is -11.0. The molecule has 0 saturated heterocycles. The van der Waals surface area contributed by atoms with Gasteiger partial charge in [0.1, 0.15) is 0 Å². The molecule has 0 heterocycles. The first-order chi connectivity index (χ1) is 21.5. The maximum absolute atomic E-state index is 13.3. The Morgan fingerprint density at radius 2 is 0.792 bits per heavy atom. The second-order valence-corrected chi connectivity index (χ2v) is 10.3. The van der Waals surface area contributed by atoms with Crippen LogP contribution in [0.15, 0.2) is 24.2 Å². The first kappa shape index (κ1) is 63.5. The molecule has 0 aromatic rings. The van der Waals surface area contributed by atoms with Crippen LogP contribution < -0.4 is 61.8 Å². The van der Waals surface area contributed by atoms with Crippen molar-refractivity contribution in [2.75, 3.05) is 0 Å². The van der Waals surface area contributed by atoms with E-state index in [0.717, 1.165) is 0 Å². The zero-order valence-corrected chi connectivity index (χ0v) is 26.9. The van der Waals surface area contributed by atoms with Gasteiger partial charge in [-0.15, -0.1) is 0 Å². The molecule has 302 valence electrons. The Kier molecular flexibility index (Phi) is 25.4. The number of carbonyl (C=O) groups excluding carboxylic acids is 1. The van der Waals surface area contributed by atoms with Crippen LogP contribution in [0.25, 0.3) is 0 Å². The molecule has 0 rings (SSSR count). The van der Waals surface area contributed by atoms with Crippen molar-refractivity contribution < 1.29 is 205 Å². The van der Waals surface area contributed by atoms with Crippen molar-refractivity contribution in [2.45, 2.75) is 60.5 Å². The summed E-state index contributed by atoms with van der Waals surface area (Å²) in [7, 11) is -14.7. The Hall–Kier alpha value is -1.39. The van der Waals surface area contributed by atoms with Crippen molar-refractivity contribution in [2.24, 2.45) is 0 Å². The van der Waals surface area contributed by atoms with Crippen LogP contribution >= 0.6 is 0 Å². The summed E-state index contributed by atoms with van der Waals surface area (Å²) in [4.78, 5) is 11.2. The summed E-state index contributed by atoms with van der Waals surface area (Å²) in [6.07, 6.45) is -32.8. The molecule has 0 aromatic heterocycles. The van der Waals surface area contributed by atoms with E-state index in [2.05, 4.69) is 23.8 Å². The molecule has 0 N–H and O–H groups in total. The summed E-state index contributed by atoms with van der Waals surface area (Å²) >= 11 is 0. The Balaban J connectivity index is -0.000000139. The van der Waals surface area contributed by atoms with E-state index in [0.29, 0.717) is 0 Å². The van der Waals surface area contributed by atoms with E-state index >= 15 is 0 Å². The molecule has 0 radical (unpaired) electrons. The molecule has 0 aliphatic rings. The van der Waals surface area contributed by atoms with Crippen molar-refractivity contribution >= 4 is 26.8 Å². The number of hydrogen-bond acceptors (Lipinski definition) is 12. The fraction of sp³-hybridized carbons (Fsp3) is 0.667. The summed E-state index contributed by atoms with van der Waals surface area (Å²) in [5.41, 5.74) is 0. The van der Waals surface area contributed by atoms with Gasteiger partial charge >= 0.3 is 138 Å². The maximum atomic E-state index is 13.3. The Morgan fingerprint density at radius 1 is 0.566 bits per heavy atom. The molecular formula is C15H8F21Li3O12S2. The predicted octanol–water partition coefficient (Wildman–Crippen LogP) is -3.56. The zero-order chi connectivity index (χ0) is 41.6. The van der Waals surface area contributed by atoms with Crippen LogP contribution in [0.5, 0.6) is 0 Å². The van der Waals surface area contributed by atoms with Gasteiger partial charge in [0.2, 0.25) is 0 Å². The van der Waals surface area contributed by atoms with E-state index in [1.165, 1.54) is 0 Å². The molecule has 0 bridgehead atoms. The maximum Gasteiger partial charge on any atom is 1.00 e. The Bertz CT molecular complexity index is 1360. The van der Waals surface area contributed by atoms with Crippen molar-refractivity contribution in [3.63, 3.8) is 0 Å². The van der Waals surface area contributed by atoms with Crippen LogP contribution in [0.2, 0.25) is 0 Å². The smallest absolute Gasteiger partial charge is 1.00 e. The summed E-state index contributed by atoms with van der Waals surface area (Å²) in [5, 5.41) is -5.15. The van der Waals surface area contributed by atoms with Gasteiger partial charge in [0.25, 0.3) is 6.47 Å². The van der Waals surface area contributed by atoms with Gasteiger partial charge in [-0.1, -0.05) is 3.89 Å². The Morgan fingerprint density at radius 3 is 0.962 bits per heavy atom. The molecule has 2 atom stereocenters. The van der Waals surface area contributed by atoms with Gasteiger partial charge in [0.05, 0.1) is 0 Å². The largest absolute Gasteiger partial charge is 1.00 e. The van der Waals surface area contributed by atoms with Crippen molar-refractivity contribution in [3.05, 3.63) is 24.2 Å². The Labute approximate surface area is 315 Å². The molecule has 0 spiro atoms. The van der Waals surface area contributed by atoms with Crippen LogP contribution in [0, 0.1) is 0 Å². The fourth-order valence-electron chi connectivity index (χ4n) is 1.49. The SMILES string of the molecule is CC(F)(OC(F)(F)C(F)(F)S(=O)(=O)F)C(F)(F)OC(F)=C(F)F.CC(F)(OC(F)(F)C(F)(F)S(=O)(=O)[O-])C(F)(F)OC(F)=C(F)F.O=CO[O-].[H-].[Li+].[Li+].[Li+]. The van der Waals surface area contributed by atoms with E-state index in [1.807, 2.05) is 0 Å². The van der Waals surface area contributed by atoms with Gasteiger partial charge in [-0.3, -0.25) is 14.3 Å². The number of rotatable bonds is 15. The molecule has 38 heteroatoms. The number of ether oxygens (including phenoxy) is 4. The number of halogens is 21. The standard InChI is InChI=1S/C7H3F11O4S.C7H4F10O5S.CH2O3.3Li.H/c2*1-4(11,5(12,13)21-3(10)2(8)9)22-6(14,15)7(16,17)23(18,19)20;2-1-4-3;;;;/h1H3;1H3,(H,18,19,20);1,3H;;;;/q;;;3*+1;-1/p-2. The van der Waals surface area contributed by atoms with Crippen LogP contribution in [0.3, 0.4) is 0 Å². The predicted molar refractivity (Wildman–Crippen MR) is 102 cm³/mol. The summed E-state index contributed by atoms with van der Waals surface area (Å²) in [6, 6.07) is -6.94. The van der Waals surface area contributed by atoms with Gasteiger partial charge in [-0.2, -0.15) is 87.4 Å². The second-order valence-electron chi connectivity index (χ2n) is 7.50. The van der Waals surface area contributed by atoms with Crippen molar-refractivity contribution in [3.8, 4) is 0 Å². The van der Waals surface area contributed by atoms with Crippen molar-refractivity contribution in [1.82, 2.24) is 0 Å². The molecular weight excluding hydrogens is 856 g/mol. The first-order valence-corrected chi connectivity index (χ1v) is 12.7. The molecule has 0 aliphatic heterocycles. The summed E-state index contributed by atoms with van der Waals surface area (Å²) < 4.78 is 320. The van der Waals surface area contributed by atoms with Gasteiger partial charge in [0, 0.05) is 13.8 Å². The molecule has 12 nitrogen and oxygen atoms in total. The minimum absolute atomic E-state index is 0. The van der Waals surface area contributed by atoms with Gasteiger partial charge < -0.3 is 25.6 Å². The monoisotopic (exact) mass is 864 g/mol. The van der Waals surface area contributed by atoms with Crippen LogP contribution in [0.1, 0.15) is 15.3 Å². The van der Waals surface area contributed by atoms with Crippen LogP contribution in [-0.4, -0.2) is 74.5 Å². The number of hydrogen-bond donors (Lipinski definition) is 0. The fourth-order valence-corrected chi connectivity index (χ4v) is 2.15.